The molecule has 0 aliphatic rings. The minimum Gasteiger partial charge on any atom is -0.396 e. The summed E-state index contributed by atoms with van der Waals surface area (Å²) in [5, 5.41) is 21.4. The Kier molecular flexibility index (Phi) is 4.10. The van der Waals surface area contributed by atoms with Gasteiger partial charge in [0.05, 0.1) is 24.2 Å². The molecule has 2 heterocycles. The van der Waals surface area contributed by atoms with Crippen molar-refractivity contribution in [1.29, 1.82) is 0 Å². The van der Waals surface area contributed by atoms with Crippen LogP contribution in [0.15, 0.2) is 53.1 Å². The largest absolute Gasteiger partial charge is 0.396 e. The number of aromatic nitrogens is 4. The summed E-state index contributed by atoms with van der Waals surface area (Å²) in [6, 6.07) is 15.8. The van der Waals surface area contributed by atoms with Crippen molar-refractivity contribution in [1.82, 2.24) is 20.3 Å². The first kappa shape index (κ1) is 15.3. The summed E-state index contributed by atoms with van der Waals surface area (Å²) in [6.07, 6.45) is 4.30. The first-order valence-electron chi connectivity index (χ1n) is 7.99. The average Bonchev–Trinajstić information content (AvgIpc) is 3.28. The number of nitrogens with zero attached hydrogens (tertiary/aromatic N) is 3. The minimum absolute atomic E-state index is 0.0184. The molecule has 124 valence electrons. The van der Waals surface area contributed by atoms with E-state index in [0.29, 0.717) is 18.1 Å². The van der Waals surface area contributed by atoms with Crippen LogP contribution in [0.4, 0.5) is 0 Å². The Morgan fingerprint density at radius 2 is 1.88 bits per heavy atom. The van der Waals surface area contributed by atoms with Crippen LogP contribution in [0, 0.1) is 0 Å². The van der Waals surface area contributed by atoms with Gasteiger partial charge in [0.25, 0.3) is 0 Å². The van der Waals surface area contributed by atoms with E-state index in [4.69, 9.17) is 9.63 Å². The highest BCUT2D eigenvalue weighted by Crippen LogP contribution is 2.24. The molecule has 0 spiro atoms. The zero-order chi connectivity index (χ0) is 17.1. The smallest absolute Gasteiger partial charge is 0.229 e. The molecule has 0 amide bonds. The number of hydrogen-bond donors (Lipinski definition) is 2. The highest BCUT2D eigenvalue weighted by Gasteiger charge is 2.11. The fourth-order valence-electron chi connectivity index (χ4n) is 2.69. The molecule has 2 aromatic carbocycles. The van der Waals surface area contributed by atoms with Gasteiger partial charge in [-0.3, -0.25) is 5.10 Å². The van der Waals surface area contributed by atoms with Crippen LogP contribution in [0.5, 0.6) is 0 Å². The van der Waals surface area contributed by atoms with Crippen molar-refractivity contribution in [2.24, 2.45) is 0 Å². The second-order valence-electron chi connectivity index (χ2n) is 5.56. The monoisotopic (exact) mass is 332 g/mol. The van der Waals surface area contributed by atoms with Crippen LogP contribution in [-0.2, 0) is 6.42 Å². The fourth-order valence-corrected chi connectivity index (χ4v) is 2.69. The lowest BCUT2D eigenvalue weighted by atomic mass is 10.1. The first-order valence-corrected chi connectivity index (χ1v) is 7.99. The van der Waals surface area contributed by atoms with Gasteiger partial charge in [0.15, 0.2) is 0 Å². The Morgan fingerprint density at radius 3 is 2.80 bits per heavy atom. The van der Waals surface area contributed by atoms with E-state index >= 15 is 0 Å². The van der Waals surface area contributed by atoms with Crippen molar-refractivity contribution in [3.8, 4) is 11.4 Å². The number of aliphatic hydroxyl groups excluding tert-OH is 1. The summed E-state index contributed by atoms with van der Waals surface area (Å²) in [4.78, 5) is 4.33. The van der Waals surface area contributed by atoms with Crippen LogP contribution in [0.3, 0.4) is 0 Å². The van der Waals surface area contributed by atoms with Crippen molar-refractivity contribution in [3.63, 3.8) is 0 Å². The Hall–Kier alpha value is -3.25. The quantitative estimate of drug-likeness (QED) is 0.585. The molecule has 0 aliphatic heterocycles. The van der Waals surface area contributed by atoms with Gasteiger partial charge in [-0.15, -0.1) is 0 Å². The van der Waals surface area contributed by atoms with Crippen LogP contribution in [0.1, 0.15) is 17.1 Å². The summed E-state index contributed by atoms with van der Waals surface area (Å²) in [5.74, 6) is 0.935. The Balaban J connectivity index is 1.69. The molecule has 25 heavy (non-hydrogen) atoms. The van der Waals surface area contributed by atoms with Gasteiger partial charge < -0.3 is 9.63 Å². The standard InChI is InChI=1S/C19H16N4O2/c24-12-11-18-20-19(23-25-18)14-6-2-1-5-13(14)9-10-17-15-7-3-4-8-16(15)21-22-17/h1-10,24H,11-12H2,(H,21,22)/b10-9+. The summed E-state index contributed by atoms with van der Waals surface area (Å²) in [7, 11) is 0. The van der Waals surface area contributed by atoms with E-state index < -0.39 is 0 Å². The molecule has 6 heteroatoms. The number of H-pyrrole nitrogens is 1. The van der Waals surface area contributed by atoms with Crippen LogP contribution >= 0.6 is 0 Å². The zero-order valence-electron chi connectivity index (χ0n) is 13.4. The van der Waals surface area contributed by atoms with Crippen molar-refractivity contribution in [3.05, 3.63) is 65.7 Å². The van der Waals surface area contributed by atoms with Crippen molar-refractivity contribution < 1.29 is 9.63 Å². The molecule has 0 radical (unpaired) electrons. The number of benzene rings is 2. The molecule has 0 saturated carbocycles. The molecule has 2 N–H and O–H groups in total. The summed E-state index contributed by atoms with van der Waals surface area (Å²) in [5.41, 5.74) is 3.71. The zero-order valence-corrected chi connectivity index (χ0v) is 13.4. The number of nitrogens with one attached hydrogen (secondary N) is 1. The lowest BCUT2D eigenvalue weighted by molar-refractivity contribution is 0.274. The SMILES string of the molecule is OCCc1nc(-c2ccccc2/C=C/c2n[nH]c3ccccc23)no1. The summed E-state index contributed by atoms with van der Waals surface area (Å²) >= 11 is 0. The van der Waals surface area contributed by atoms with E-state index in [9.17, 15) is 0 Å². The Bertz CT molecular complexity index is 1030. The highest BCUT2D eigenvalue weighted by atomic mass is 16.5. The summed E-state index contributed by atoms with van der Waals surface area (Å²) < 4.78 is 5.16. The van der Waals surface area contributed by atoms with Gasteiger partial charge in [-0.05, 0) is 17.7 Å². The molecule has 0 unspecified atom stereocenters. The maximum Gasteiger partial charge on any atom is 0.229 e. The predicted molar refractivity (Wildman–Crippen MR) is 95.5 cm³/mol. The van der Waals surface area contributed by atoms with E-state index in [1.165, 1.54) is 0 Å². The lowest BCUT2D eigenvalue weighted by Crippen LogP contribution is -1.90. The predicted octanol–water partition coefficient (Wildman–Crippen LogP) is 3.32. The topological polar surface area (TPSA) is 87.8 Å². The van der Waals surface area contributed by atoms with Gasteiger partial charge in [-0.2, -0.15) is 10.1 Å². The number of para-hydroxylation sites is 1. The normalized spacial score (nSPS) is 11.6. The van der Waals surface area contributed by atoms with Crippen molar-refractivity contribution >= 4 is 23.1 Å². The maximum absolute atomic E-state index is 8.98. The van der Waals surface area contributed by atoms with E-state index in [1.807, 2.05) is 60.7 Å². The Labute approximate surface area is 143 Å². The highest BCUT2D eigenvalue weighted by molar-refractivity contribution is 5.90. The second-order valence-corrected chi connectivity index (χ2v) is 5.56. The van der Waals surface area contributed by atoms with Crippen LogP contribution in [-0.4, -0.2) is 32.1 Å². The maximum atomic E-state index is 8.98. The van der Waals surface area contributed by atoms with Gasteiger partial charge in [-0.25, -0.2) is 0 Å². The number of rotatable bonds is 5. The van der Waals surface area contributed by atoms with Crippen LogP contribution < -0.4 is 0 Å². The third-order valence-electron chi connectivity index (χ3n) is 3.92. The molecule has 0 fully saturated rings. The molecule has 0 bridgehead atoms. The van der Waals surface area contributed by atoms with Crippen LogP contribution in [0.2, 0.25) is 0 Å². The van der Waals surface area contributed by atoms with Gasteiger partial charge >= 0.3 is 0 Å². The third-order valence-corrected chi connectivity index (χ3v) is 3.92. The number of fused-ring (bicyclic) bond motifs is 1. The van der Waals surface area contributed by atoms with E-state index in [1.54, 1.807) is 0 Å². The summed E-state index contributed by atoms with van der Waals surface area (Å²) in [6.45, 7) is -0.0184. The van der Waals surface area contributed by atoms with E-state index in [-0.39, 0.29) is 6.61 Å². The van der Waals surface area contributed by atoms with E-state index in [2.05, 4.69) is 20.3 Å². The molecular formula is C19H16N4O2. The van der Waals surface area contributed by atoms with E-state index in [0.717, 1.165) is 27.7 Å². The number of aromatic amines is 1. The van der Waals surface area contributed by atoms with Gasteiger partial charge in [-0.1, -0.05) is 53.7 Å². The lowest BCUT2D eigenvalue weighted by Gasteiger charge is -2.00. The number of aliphatic hydroxyl groups is 1. The fraction of sp³-hybridized carbons (Fsp3) is 0.105. The molecular weight excluding hydrogens is 316 g/mol. The van der Waals surface area contributed by atoms with Crippen molar-refractivity contribution in [2.45, 2.75) is 6.42 Å². The molecule has 4 rings (SSSR count). The molecule has 2 aromatic heterocycles. The molecule has 0 aliphatic carbocycles. The third kappa shape index (κ3) is 3.07. The Morgan fingerprint density at radius 1 is 1.04 bits per heavy atom. The average molecular weight is 332 g/mol. The minimum atomic E-state index is -0.0184. The van der Waals surface area contributed by atoms with Gasteiger partial charge in [0.2, 0.25) is 11.7 Å². The van der Waals surface area contributed by atoms with Crippen LogP contribution in [0.25, 0.3) is 34.4 Å². The van der Waals surface area contributed by atoms with Crippen molar-refractivity contribution in [2.75, 3.05) is 6.61 Å². The van der Waals surface area contributed by atoms with Gasteiger partial charge in [0, 0.05) is 10.9 Å². The second kappa shape index (κ2) is 6.70. The first-order chi connectivity index (χ1) is 12.3. The van der Waals surface area contributed by atoms with Gasteiger partial charge in [0.1, 0.15) is 0 Å². The molecule has 4 aromatic rings. The molecule has 0 saturated heterocycles. The molecule has 0 atom stereocenters. The molecule has 6 nitrogen and oxygen atoms in total. The number of hydrogen-bond acceptors (Lipinski definition) is 5.